The van der Waals surface area contributed by atoms with E-state index >= 15 is 0 Å². The Balaban J connectivity index is 2.67. The predicted octanol–water partition coefficient (Wildman–Crippen LogP) is 3.02. The Morgan fingerprint density at radius 2 is 2.29 bits per heavy atom. The van der Waals surface area contributed by atoms with Gasteiger partial charge in [-0.2, -0.15) is 5.26 Å². The van der Waals surface area contributed by atoms with Crippen LogP contribution in [0.5, 0.6) is 0 Å². The smallest absolute Gasteiger partial charge is 0.303 e. The lowest BCUT2D eigenvalue weighted by atomic mass is 10.0. The minimum absolute atomic E-state index is 0.192. The SMILES string of the molecule is CC(C#N)=Cc1cccc(CCCC(=O)O)c1. The minimum Gasteiger partial charge on any atom is -0.481 e. The van der Waals surface area contributed by atoms with E-state index in [9.17, 15) is 4.79 Å². The molecule has 88 valence electrons. The molecule has 0 saturated heterocycles. The highest BCUT2D eigenvalue weighted by molar-refractivity contribution is 5.66. The number of aryl methyl sites for hydroxylation is 1. The molecule has 1 rings (SSSR count). The molecule has 3 heteroatoms. The van der Waals surface area contributed by atoms with Crippen LogP contribution in [0.15, 0.2) is 29.8 Å². The van der Waals surface area contributed by atoms with Crippen molar-refractivity contribution in [1.29, 1.82) is 5.26 Å². The van der Waals surface area contributed by atoms with Crippen molar-refractivity contribution < 1.29 is 9.90 Å². The highest BCUT2D eigenvalue weighted by Crippen LogP contribution is 2.11. The molecule has 0 aliphatic rings. The molecule has 0 unspecified atom stereocenters. The van der Waals surface area contributed by atoms with Crippen LogP contribution < -0.4 is 0 Å². The van der Waals surface area contributed by atoms with Crippen LogP contribution in [0.4, 0.5) is 0 Å². The Hall–Kier alpha value is -2.08. The molecule has 0 atom stereocenters. The zero-order valence-corrected chi connectivity index (χ0v) is 9.81. The molecule has 1 aromatic rings. The number of nitrogens with zero attached hydrogens (tertiary/aromatic N) is 1. The highest BCUT2D eigenvalue weighted by atomic mass is 16.4. The number of nitriles is 1. The van der Waals surface area contributed by atoms with Crippen molar-refractivity contribution in [3.05, 3.63) is 41.0 Å². The summed E-state index contributed by atoms with van der Waals surface area (Å²) in [6.07, 6.45) is 3.40. The van der Waals surface area contributed by atoms with Crippen molar-refractivity contribution in [3.8, 4) is 6.07 Å². The standard InChI is InChI=1S/C14H15NO2/c1-11(10-15)8-13-6-2-4-12(9-13)5-3-7-14(16)17/h2,4,6,8-9H,3,5,7H2,1H3,(H,16,17). The van der Waals surface area contributed by atoms with Crippen molar-refractivity contribution in [1.82, 2.24) is 0 Å². The Bertz CT molecular complexity index is 469. The van der Waals surface area contributed by atoms with E-state index in [0.717, 1.165) is 17.5 Å². The lowest BCUT2D eigenvalue weighted by Crippen LogP contribution is -1.95. The second kappa shape index (κ2) is 6.49. The van der Waals surface area contributed by atoms with E-state index in [0.29, 0.717) is 12.0 Å². The van der Waals surface area contributed by atoms with Crippen LogP contribution in [-0.4, -0.2) is 11.1 Å². The first kappa shape index (κ1) is 13.0. The maximum atomic E-state index is 10.4. The molecular formula is C14H15NO2. The van der Waals surface area contributed by atoms with Gasteiger partial charge in [0.05, 0.1) is 6.07 Å². The Morgan fingerprint density at radius 1 is 1.53 bits per heavy atom. The lowest BCUT2D eigenvalue weighted by Gasteiger charge is -2.01. The maximum Gasteiger partial charge on any atom is 0.303 e. The van der Waals surface area contributed by atoms with E-state index in [1.165, 1.54) is 0 Å². The van der Waals surface area contributed by atoms with Crippen LogP contribution in [-0.2, 0) is 11.2 Å². The molecule has 17 heavy (non-hydrogen) atoms. The molecule has 3 nitrogen and oxygen atoms in total. The van der Waals surface area contributed by atoms with Gasteiger partial charge in [0.2, 0.25) is 0 Å². The lowest BCUT2D eigenvalue weighted by molar-refractivity contribution is -0.137. The van der Waals surface area contributed by atoms with Gasteiger partial charge < -0.3 is 5.11 Å². The first-order valence-electron chi connectivity index (χ1n) is 5.51. The number of carboxylic acid groups (broad SMARTS) is 1. The molecule has 0 heterocycles. The number of carbonyl (C=O) groups is 1. The van der Waals surface area contributed by atoms with Crippen LogP contribution in [0.2, 0.25) is 0 Å². The van der Waals surface area contributed by atoms with Gasteiger partial charge in [0.15, 0.2) is 0 Å². The number of aliphatic carboxylic acids is 1. The molecule has 0 aliphatic heterocycles. The van der Waals surface area contributed by atoms with Crippen molar-refractivity contribution in [2.75, 3.05) is 0 Å². The van der Waals surface area contributed by atoms with Crippen molar-refractivity contribution in [2.45, 2.75) is 26.2 Å². The van der Waals surface area contributed by atoms with E-state index in [-0.39, 0.29) is 6.42 Å². The van der Waals surface area contributed by atoms with Crippen LogP contribution in [0.25, 0.3) is 6.08 Å². The Kier molecular flexibility index (Phi) is 4.96. The van der Waals surface area contributed by atoms with Crippen LogP contribution >= 0.6 is 0 Å². The summed E-state index contributed by atoms with van der Waals surface area (Å²) in [4.78, 5) is 10.4. The normalized spacial score (nSPS) is 10.9. The zero-order chi connectivity index (χ0) is 12.7. The van der Waals surface area contributed by atoms with Gasteiger partial charge in [-0.25, -0.2) is 0 Å². The molecule has 1 N–H and O–H groups in total. The van der Waals surface area contributed by atoms with Gasteiger partial charge >= 0.3 is 5.97 Å². The molecule has 0 fully saturated rings. The van der Waals surface area contributed by atoms with Crippen molar-refractivity contribution >= 4 is 12.0 Å². The number of allylic oxidation sites excluding steroid dienone is 1. The van der Waals surface area contributed by atoms with Gasteiger partial charge in [-0.1, -0.05) is 24.3 Å². The third kappa shape index (κ3) is 4.98. The Morgan fingerprint density at radius 3 is 2.94 bits per heavy atom. The quantitative estimate of drug-likeness (QED) is 0.789. The van der Waals surface area contributed by atoms with E-state index in [4.69, 9.17) is 10.4 Å². The maximum absolute atomic E-state index is 10.4. The van der Waals surface area contributed by atoms with Crippen LogP contribution in [0.3, 0.4) is 0 Å². The molecule has 0 radical (unpaired) electrons. The number of benzene rings is 1. The first-order chi connectivity index (χ1) is 8.11. The fourth-order valence-electron chi connectivity index (χ4n) is 1.56. The second-order valence-electron chi connectivity index (χ2n) is 3.93. The molecule has 0 spiro atoms. The number of rotatable bonds is 5. The summed E-state index contributed by atoms with van der Waals surface area (Å²) in [5.74, 6) is -0.763. The summed E-state index contributed by atoms with van der Waals surface area (Å²) in [7, 11) is 0. The Labute approximate surface area is 101 Å². The molecular weight excluding hydrogens is 214 g/mol. The van der Waals surface area contributed by atoms with Gasteiger partial charge in [-0.05, 0) is 37.0 Å². The summed E-state index contributed by atoms with van der Waals surface area (Å²) in [6.45, 7) is 1.76. The predicted molar refractivity (Wildman–Crippen MR) is 66.3 cm³/mol. The van der Waals surface area contributed by atoms with Gasteiger partial charge in [-0.3, -0.25) is 4.79 Å². The third-order valence-electron chi connectivity index (χ3n) is 2.37. The monoisotopic (exact) mass is 229 g/mol. The average Bonchev–Trinajstić information content (AvgIpc) is 2.29. The summed E-state index contributed by atoms with van der Waals surface area (Å²) in [6, 6.07) is 9.89. The highest BCUT2D eigenvalue weighted by Gasteiger charge is 1.99. The minimum atomic E-state index is -0.763. The van der Waals surface area contributed by atoms with Crippen molar-refractivity contribution in [2.24, 2.45) is 0 Å². The van der Waals surface area contributed by atoms with E-state index in [1.807, 2.05) is 30.3 Å². The summed E-state index contributed by atoms with van der Waals surface area (Å²) >= 11 is 0. The van der Waals surface area contributed by atoms with Crippen LogP contribution in [0.1, 0.15) is 30.9 Å². The summed E-state index contributed by atoms with van der Waals surface area (Å²) in [5.41, 5.74) is 2.75. The molecule has 0 aliphatic carbocycles. The van der Waals surface area contributed by atoms with E-state index < -0.39 is 5.97 Å². The average molecular weight is 229 g/mol. The molecule has 0 amide bonds. The number of hydrogen-bond acceptors (Lipinski definition) is 2. The van der Waals surface area contributed by atoms with Gasteiger partial charge in [0.1, 0.15) is 0 Å². The van der Waals surface area contributed by atoms with Gasteiger partial charge in [0, 0.05) is 12.0 Å². The number of carboxylic acids is 1. The van der Waals surface area contributed by atoms with Gasteiger partial charge in [0.25, 0.3) is 0 Å². The summed E-state index contributed by atoms with van der Waals surface area (Å²) in [5, 5.41) is 17.2. The largest absolute Gasteiger partial charge is 0.481 e. The third-order valence-corrected chi connectivity index (χ3v) is 2.37. The van der Waals surface area contributed by atoms with E-state index in [2.05, 4.69) is 6.07 Å². The summed E-state index contributed by atoms with van der Waals surface area (Å²) < 4.78 is 0. The molecule has 0 aromatic heterocycles. The first-order valence-corrected chi connectivity index (χ1v) is 5.51. The molecule has 0 bridgehead atoms. The van der Waals surface area contributed by atoms with Crippen molar-refractivity contribution in [3.63, 3.8) is 0 Å². The number of hydrogen-bond donors (Lipinski definition) is 1. The van der Waals surface area contributed by atoms with E-state index in [1.54, 1.807) is 6.92 Å². The fraction of sp³-hybridized carbons (Fsp3) is 0.286. The molecule has 0 saturated carbocycles. The molecule has 1 aromatic carbocycles. The second-order valence-corrected chi connectivity index (χ2v) is 3.93. The zero-order valence-electron chi connectivity index (χ0n) is 9.81. The van der Waals surface area contributed by atoms with Gasteiger partial charge in [-0.15, -0.1) is 0 Å². The fourth-order valence-corrected chi connectivity index (χ4v) is 1.56. The van der Waals surface area contributed by atoms with Crippen LogP contribution in [0, 0.1) is 11.3 Å². The topological polar surface area (TPSA) is 61.1 Å².